The van der Waals surface area contributed by atoms with E-state index < -0.39 is 28.9 Å². The third-order valence-electron chi connectivity index (χ3n) is 2.37. The summed E-state index contributed by atoms with van der Waals surface area (Å²) in [7, 11) is 0. The van der Waals surface area contributed by atoms with Gasteiger partial charge in [0.2, 0.25) is 5.91 Å². The maximum atomic E-state index is 12.5. The van der Waals surface area contributed by atoms with Crippen LogP contribution in [0.3, 0.4) is 0 Å². The van der Waals surface area contributed by atoms with Crippen molar-refractivity contribution in [1.29, 1.82) is 0 Å². The van der Waals surface area contributed by atoms with Gasteiger partial charge in [0.25, 0.3) is 0 Å². The third-order valence-corrected chi connectivity index (χ3v) is 3.88. The minimum absolute atomic E-state index is 0.0771. The van der Waals surface area contributed by atoms with E-state index in [4.69, 9.17) is 11.6 Å². The highest BCUT2D eigenvalue weighted by molar-refractivity contribution is 8.00. The Kier molecular flexibility index (Phi) is 6.48. The average molecular weight is 356 g/mol. The number of urea groups is 1. The lowest BCUT2D eigenvalue weighted by molar-refractivity contribution is -0.137. The molecule has 10 heteroatoms. The van der Waals surface area contributed by atoms with Crippen LogP contribution in [-0.4, -0.2) is 28.7 Å². The molecule has 1 aromatic rings. The fraction of sp³-hybridized carbons (Fsp3) is 0.417. The SMILES string of the molecule is CCNC(=O)NC(=O)[C@H](C)Sc1ncc(C(F)(F)F)cc1Cl. The van der Waals surface area contributed by atoms with E-state index in [0.29, 0.717) is 12.7 Å². The van der Waals surface area contributed by atoms with Gasteiger partial charge in [-0.25, -0.2) is 9.78 Å². The number of carbonyl (C=O) groups is 2. The van der Waals surface area contributed by atoms with Crippen LogP contribution in [0.4, 0.5) is 18.0 Å². The highest BCUT2D eigenvalue weighted by Crippen LogP contribution is 2.34. The minimum atomic E-state index is -4.54. The van der Waals surface area contributed by atoms with E-state index in [-0.39, 0.29) is 10.0 Å². The van der Waals surface area contributed by atoms with E-state index in [9.17, 15) is 22.8 Å². The number of hydrogen-bond donors (Lipinski definition) is 2. The monoisotopic (exact) mass is 355 g/mol. The van der Waals surface area contributed by atoms with Crippen LogP contribution in [0, 0.1) is 0 Å². The van der Waals surface area contributed by atoms with Crippen LogP contribution in [0.1, 0.15) is 19.4 Å². The van der Waals surface area contributed by atoms with Crippen molar-refractivity contribution in [2.75, 3.05) is 6.54 Å². The highest BCUT2D eigenvalue weighted by Gasteiger charge is 2.32. The average Bonchev–Trinajstić information content (AvgIpc) is 2.39. The topological polar surface area (TPSA) is 71.1 Å². The van der Waals surface area contributed by atoms with Crippen molar-refractivity contribution in [1.82, 2.24) is 15.6 Å². The molecule has 22 heavy (non-hydrogen) atoms. The Hall–Kier alpha value is -1.48. The number of nitrogens with zero attached hydrogens (tertiary/aromatic N) is 1. The summed E-state index contributed by atoms with van der Waals surface area (Å²) in [6.07, 6.45) is -3.90. The number of imide groups is 1. The van der Waals surface area contributed by atoms with Gasteiger partial charge in [-0.05, 0) is 19.9 Å². The van der Waals surface area contributed by atoms with Crippen molar-refractivity contribution in [2.24, 2.45) is 0 Å². The van der Waals surface area contributed by atoms with Gasteiger partial charge in [0, 0.05) is 12.7 Å². The molecule has 5 nitrogen and oxygen atoms in total. The molecule has 0 bridgehead atoms. The molecule has 0 aromatic carbocycles. The summed E-state index contributed by atoms with van der Waals surface area (Å²) in [4.78, 5) is 26.6. The smallest absolute Gasteiger partial charge is 0.338 e. The van der Waals surface area contributed by atoms with Gasteiger partial charge >= 0.3 is 12.2 Å². The van der Waals surface area contributed by atoms with E-state index in [2.05, 4.69) is 15.6 Å². The first-order valence-electron chi connectivity index (χ1n) is 6.13. The molecule has 1 rings (SSSR count). The van der Waals surface area contributed by atoms with Crippen LogP contribution in [0.5, 0.6) is 0 Å². The molecule has 2 N–H and O–H groups in total. The number of pyridine rings is 1. The number of halogens is 4. The molecule has 3 amide bonds. The molecule has 0 saturated carbocycles. The second-order valence-electron chi connectivity index (χ2n) is 4.12. The lowest BCUT2D eigenvalue weighted by Crippen LogP contribution is -2.42. The van der Waals surface area contributed by atoms with Crippen molar-refractivity contribution >= 4 is 35.3 Å². The van der Waals surface area contributed by atoms with E-state index in [0.717, 1.165) is 17.8 Å². The fourth-order valence-corrected chi connectivity index (χ4v) is 2.39. The Morgan fingerprint density at radius 1 is 1.45 bits per heavy atom. The Balaban J connectivity index is 2.74. The number of alkyl halides is 3. The predicted molar refractivity (Wildman–Crippen MR) is 76.8 cm³/mol. The second kappa shape index (κ2) is 7.68. The van der Waals surface area contributed by atoms with Crippen molar-refractivity contribution in [3.05, 3.63) is 22.8 Å². The minimum Gasteiger partial charge on any atom is -0.338 e. The number of rotatable bonds is 4. The summed E-state index contributed by atoms with van der Waals surface area (Å²) >= 11 is 6.60. The Morgan fingerprint density at radius 3 is 2.59 bits per heavy atom. The molecule has 0 unspecified atom stereocenters. The Bertz CT molecular complexity index is 569. The number of thioether (sulfide) groups is 1. The maximum Gasteiger partial charge on any atom is 0.417 e. The lowest BCUT2D eigenvalue weighted by Gasteiger charge is -2.13. The number of aromatic nitrogens is 1. The molecule has 122 valence electrons. The Morgan fingerprint density at radius 2 is 2.09 bits per heavy atom. The standard InChI is InChI=1S/C12H13ClF3N3O2S/c1-3-17-11(21)19-9(20)6(2)22-10-8(13)4-7(5-18-10)12(14,15)16/h4-6H,3H2,1-2H3,(H2,17,19,20,21)/t6-/m0/s1. The normalized spacial score (nSPS) is 12.6. The molecule has 0 aliphatic rings. The molecule has 0 spiro atoms. The maximum absolute atomic E-state index is 12.5. The predicted octanol–water partition coefficient (Wildman–Crippen LogP) is 3.08. The molecule has 0 aliphatic carbocycles. The molecule has 0 fully saturated rings. The number of hydrogen-bond acceptors (Lipinski definition) is 4. The third kappa shape index (κ3) is 5.38. The van der Waals surface area contributed by atoms with E-state index in [1.807, 2.05) is 0 Å². The van der Waals surface area contributed by atoms with Gasteiger partial charge in [0.05, 0.1) is 15.8 Å². The molecule has 1 heterocycles. The van der Waals surface area contributed by atoms with Crippen LogP contribution < -0.4 is 10.6 Å². The van der Waals surface area contributed by atoms with Crippen molar-refractivity contribution < 1.29 is 22.8 Å². The second-order valence-corrected chi connectivity index (χ2v) is 5.85. The van der Waals surface area contributed by atoms with Gasteiger partial charge in [-0.15, -0.1) is 0 Å². The largest absolute Gasteiger partial charge is 0.417 e. The van der Waals surface area contributed by atoms with E-state index in [1.54, 1.807) is 6.92 Å². The fourth-order valence-electron chi connectivity index (χ4n) is 1.31. The summed E-state index contributed by atoms with van der Waals surface area (Å²) < 4.78 is 37.5. The number of carbonyl (C=O) groups excluding carboxylic acids is 2. The zero-order chi connectivity index (χ0) is 16.9. The first-order chi connectivity index (χ1) is 10.1. The first kappa shape index (κ1) is 18.6. The molecule has 0 saturated heterocycles. The summed E-state index contributed by atoms with van der Waals surface area (Å²) in [5.74, 6) is -0.603. The summed E-state index contributed by atoms with van der Waals surface area (Å²) in [6.45, 7) is 3.52. The number of amides is 3. The van der Waals surface area contributed by atoms with Gasteiger partial charge in [0.15, 0.2) is 0 Å². The van der Waals surface area contributed by atoms with Gasteiger partial charge in [0.1, 0.15) is 5.03 Å². The molecule has 1 atom stereocenters. The quantitative estimate of drug-likeness (QED) is 0.814. The van der Waals surface area contributed by atoms with Crippen LogP contribution in [0.25, 0.3) is 0 Å². The summed E-state index contributed by atoms with van der Waals surface area (Å²) in [5, 5.41) is 3.59. The van der Waals surface area contributed by atoms with Crippen molar-refractivity contribution in [3.8, 4) is 0 Å². The lowest BCUT2D eigenvalue weighted by atomic mass is 10.3. The molecular weight excluding hydrogens is 343 g/mol. The van der Waals surface area contributed by atoms with Crippen LogP contribution >= 0.6 is 23.4 Å². The Labute approximate surface area is 134 Å². The summed E-state index contributed by atoms with van der Waals surface area (Å²) in [6, 6.07) is 0.0945. The highest BCUT2D eigenvalue weighted by atomic mass is 35.5. The zero-order valence-corrected chi connectivity index (χ0v) is 13.2. The molecular formula is C12H13ClF3N3O2S. The van der Waals surface area contributed by atoms with E-state index in [1.165, 1.54) is 6.92 Å². The number of nitrogens with one attached hydrogen (secondary N) is 2. The van der Waals surface area contributed by atoms with Crippen LogP contribution in [0.15, 0.2) is 17.3 Å². The van der Waals surface area contributed by atoms with Crippen LogP contribution in [-0.2, 0) is 11.0 Å². The molecule has 1 aromatic heterocycles. The summed E-state index contributed by atoms with van der Waals surface area (Å²) in [5.41, 5.74) is -0.971. The van der Waals surface area contributed by atoms with Gasteiger partial charge in [-0.1, -0.05) is 23.4 Å². The van der Waals surface area contributed by atoms with Gasteiger partial charge in [-0.3, -0.25) is 10.1 Å². The molecule has 0 aliphatic heterocycles. The molecule has 0 radical (unpaired) electrons. The van der Waals surface area contributed by atoms with Crippen molar-refractivity contribution in [3.63, 3.8) is 0 Å². The van der Waals surface area contributed by atoms with Crippen LogP contribution in [0.2, 0.25) is 5.02 Å². The first-order valence-corrected chi connectivity index (χ1v) is 7.39. The van der Waals surface area contributed by atoms with E-state index >= 15 is 0 Å². The van der Waals surface area contributed by atoms with Gasteiger partial charge in [-0.2, -0.15) is 13.2 Å². The zero-order valence-electron chi connectivity index (χ0n) is 11.6. The van der Waals surface area contributed by atoms with Crippen molar-refractivity contribution in [2.45, 2.75) is 30.3 Å². The van der Waals surface area contributed by atoms with Gasteiger partial charge < -0.3 is 5.32 Å².